The molecule has 19 heavy (non-hydrogen) atoms. The molecule has 0 saturated heterocycles. The van der Waals surface area contributed by atoms with Crippen molar-refractivity contribution in [3.8, 4) is 0 Å². The Morgan fingerprint density at radius 2 is 2.05 bits per heavy atom. The third kappa shape index (κ3) is 2.49. The first kappa shape index (κ1) is 13.6. The fourth-order valence-corrected chi connectivity index (χ4v) is 2.15. The van der Waals surface area contributed by atoms with Gasteiger partial charge in [0.05, 0.1) is 16.0 Å². The molecule has 2 rings (SSSR count). The Kier molecular flexibility index (Phi) is 3.37. The van der Waals surface area contributed by atoms with E-state index in [4.69, 9.17) is 16.7 Å². The smallest absolute Gasteiger partial charge is 0.309 e. The molecule has 5 heteroatoms. The number of aromatic amines is 1. The zero-order chi connectivity index (χ0) is 14.2. The molecule has 0 fully saturated rings. The van der Waals surface area contributed by atoms with Crippen LogP contribution < -0.4 is 0 Å². The minimum Gasteiger partial charge on any atom is -0.481 e. The first-order chi connectivity index (χ1) is 8.83. The molecule has 1 aromatic carbocycles. The maximum absolute atomic E-state index is 12.2. The van der Waals surface area contributed by atoms with Crippen LogP contribution in [0, 0.1) is 5.41 Å². The number of rotatable bonds is 4. The van der Waals surface area contributed by atoms with Crippen LogP contribution in [0.15, 0.2) is 24.4 Å². The Hall–Kier alpha value is -1.81. The lowest BCUT2D eigenvalue weighted by atomic mass is 9.85. The molecule has 1 aromatic heterocycles. The molecule has 0 aliphatic carbocycles. The van der Waals surface area contributed by atoms with Gasteiger partial charge in [-0.05, 0) is 19.9 Å². The van der Waals surface area contributed by atoms with Crippen LogP contribution in [0.3, 0.4) is 0 Å². The topological polar surface area (TPSA) is 70.2 Å². The Morgan fingerprint density at radius 3 is 2.68 bits per heavy atom. The van der Waals surface area contributed by atoms with E-state index in [0.29, 0.717) is 16.1 Å². The van der Waals surface area contributed by atoms with Crippen LogP contribution in [0.1, 0.15) is 30.6 Å². The number of carbonyl (C=O) groups is 2. The summed E-state index contributed by atoms with van der Waals surface area (Å²) in [6.07, 6.45) is 1.53. The molecule has 2 N–H and O–H groups in total. The molecule has 0 atom stereocenters. The van der Waals surface area contributed by atoms with E-state index in [1.807, 2.05) is 0 Å². The molecule has 1 heterocycles. The number of Topliss-reactive ketones (excluding diaryl/α,β-unsaturated/α-hetero) is 1. The lowest BCUT2D eigenvalue weighted by Crippen LogP contribution is -2.26. The molecule has 0 amide bonds. The number of hydrogen-bond donors (Lipinski definition) is 2. The van der Waals surface area contributed by atoms with Gasteiger partial charge in [0.15, 0.2) is 5.78 Å². The minimum atomic E-state index is -1.08. The van der Waals surface area contributed by atoms with E-state index in [0.717, 1.165) is 5.39 Å². The summed E-state index contributed by atoms with van der Waals surface area (Å²) in [6, 6.07) is 5.28. The van der Waals surface area contributed by atoms with Gasteiger partial charge in [0.1, 0.15) is 0 Å². The zero-order valence-electron chi connectivity index (χ0n) is 10.7. The number of carbonyl (C=O) groups excluding carboxylic acids is 1. The molecule has 100 valence electrons. The number of carboxylic acids is 1. The number of para-hydroxylation sites is 1. The molecule has 0 bridgehead atoms. The second-order valence-electron chi connectivity index (χ2n) is 5.15. The summed E-state index contributed by atoms with van der Waals surface area (Å²) < 4.78 is 0. The Balaban J connectivity index is 2.38. The van der Waals surface area contributed by atoms with E-state index in [1.54, 1.807) is 24.4 Å². The van der Waals surface area contributed by atoms with Crippen LogP contribution in [0.2, 0.25) is 5.02 Å². The highest BCUT2D eigenvalue weighted by Gasteiger charge is 2.31. The first-order valence-electron chi connectivity index (χ1n) is 5.85. The van der Waals surface area contributed by atoms with Gasteiger partial charge >= 0.3 is 5.97 Å². The number of hydrogen-bond acceptors (Lipinski definition) is 2. The van der Waals surface area contributed by atoms with Crippen LogP contribution >= 0.6 is 11.6 Å². The third-order valence-corrected chi connectivity index (χ3v) is 3.46. The second kappa shape index (κ2) is 4.70. The summed E-state index contributed by atoms with van der Waals surface area (Å²) in [6.45, 7) is 3.07. The van der Waals surface area contributed by atoms with E-state index in [1.165, 1.54) is 13.8 Å². The van der Waals surface area contributed by atoms with Crippen LogP contribution in [0.25, 0.3) is 10.9 Å². The van der Waals surface area contributed by atoms with Gasteiger partial charge in [0, 0.05) is 23.6 Å². The standard InChI is InChI=1S/C14H14ClNO3/c1-14(2,13(18)19)6-11(17)9-7-16-12-8(9)4-3-5-10(12)15/h3-5,7,16H,6H2,1-2H3,(H,18,19). The molecule has 0 saturated carbocycles. The second-order valence-corrected chi connectivity index (χ2v) is 5.56. The maximum Gasteiger partial charge on any atom is 0.309 e. The average molecular weight is 280 g/mol. The van der Waals surface area contributed by atoms with Gasteiger partial charge in [-0.15, -0.1) is 0 Å². The molecule has 0 aliphatic rings. The predicted molar refractivity (Wildman–Crippen MR) is 73.7 cm³/mol. The largest absolute Gasteiger partial charge is 0.481 e. The van der Waals surface area contributed by atoms with Crippen molar-refractivity contribution < 1.29 is 14.7 Å². The fraction of sp³-hybridized carbons (Fsp3) is 0.286. The monoisotopic (exact) mass is 279 g/mol. The van der Waals surface area contributed by atoms with Crippen molar-refractivity contribution in [3.63, 3.8) is 0 Å². The maximum atomic E-state index is 12.2. The molecule has 0 radical (unpaired) electrons. The predicted octanol–water partition coefficient (Wildman–Crippen LogP) is 3.50. The van der Waals surface area contributed by atoms with Crippen LogP contribution in [0.4, 0.5) is 0 Å². The Morgan fingerprint density at radius 1 is 1.37 bits per heavy atom. The summed E-state index contributed by atoms with van der Waals surface area (Å²) in [7, 11) is 0. The van der Waals surface area contributed by atoms with Gasteiger partial charge in [0.25, 0.3) is 0 Å². The summed E-state index contributed by atoms with van der Waals surface area (Å²) in [5.41, 5.74) is 0.0895. The SMILES string of the molecule is CC(C)(CC(=O)c1c[nH]c2c(Cl)cccc12)C(=O)O. The molecule has 0 spiro atoms. The highest BCUT2D eigenvalue weighted by atomic mass is 35.5. The molecule has 2 aromatic rings. The van der Waals surface area contributed by atoms with Gasteiger partial charge in [-0.2, -0.15) is 0 Å². The van der Waals surface area contributed by atoms with Crippen molar-refractivity contribution in [2.24, 2.45) is 5.41 Å². The van der Waals surface area contributed by atoms with Crippen molar-refractivity contribution in [2.75, 3.05) is 0 Å². The van der Waals surface area contributed by atoms with Crippen LogP contribution in [-0.4, -0.2) is 21.8 Å². The fourth-order valence-electron chi connectivity index (χ4n) is 1.92. The normalized spacial score (nSPS) is 11.7. The first-order valence-corrected chi connectivity index (χ1v) is 6.23. The number of nitrogens with one attached hydrogen (secondary N) is 1. The zero-order valence-corrected chi connectivity index (χ0v) is 11.4. The van der Waals surface area contributed by atoms with E-state index in [-0.39, 0.29) is 12.2 Å². The highest BCUT2D eigenvalue weighted by molar-refractivity contribution is 6.35. The number of aromatic nitrogens is 1. The summed E-state index contributed by atoms with van der Waals surface area (Å²) in [5.74, 6) is -1.19. The van der Waals surface area contributed by atoms with Gasteiger partial charge in [-0.1, -0.05) is 23.7 Å². The number of benzene rings is 1. The highest BCUT2D eigenvalue weighted by Crippen LogP contribution is 2.29. The Labute approximate surface area is 115 Å². The molecule has 0 aliphatic heterocycles. The number of fused-ring (bicyclic) bond motifs is 1. The molecule has 4 nitrogen and oxygen atoms in total. The van der Waals surface area contributed by atoms with Crippen molar-refractivity contribution in [1.82, 2.24) is 4.98 Å². The van der Waals surface area contributed by atoms with Crippen LogP contribution in [0.5, 0.6) is 0 Å². The minimum absolute atomic E-state index is 0.0538. The van der Waals surface area contributed by atoms with Crippen LogP contribution in [-0.2, 0) is 4.79 Å². The van der Waals surface area contributed by atoms with Gasteiger partial charge in [-0.3, -0.25) is 9.59 Å². The quantitative estimate of drug-likeness (QED) is 0.842. The summed E-state index contributed by atoms with van der Waals surface area (Å²) in [5, 5.41) is 10.3. The van der Waals surface area contributed by atoms with Gasteiger partial charge < -0.3 is 10.1 Å². The van der Waals surface area contributed by atoms with Crippen molar-refractivity contribution in [1.29, 1.82) is 0 Å². The van der Waals surface area contributed by atoms with Crippen molar-refractivity contribution >= 4 is 34.3 Å². The lowest BCUT2D eigenvalue weighted by molar-refractivity contribution is -0.146. The number of carboxylic acid groups (broad SMARTS) is 1. The van der Waals surface area contributed by atoms with E-state index >= 15 is 0 Å². The average Bonchev–Trinajstić information content (AvgIpc) is 2.73. The molecule has 0 unspecified atom stereocenters. The van der Waals surface area contributed by atoms with Crippen molar-refractivity contribution in [2.45, 2.75) is 20.3 Å². The number of ketones is 1. The lowest BCUT2D eigenvalue weighted by Gasteiger charge is -2.17. The van der Waals surface area contributed by atoms with Gasteiger partial charge in [-0.25, -0.2) is 0 Å². The number of H-pyrrole nitrogens is 1. The van der Waals surface area contributed by atoms with E-state index in [9.17, 15) is 9.59 Å². The summed E-state index contributed by atoms with van der Waals surface area (Å²) in [4.78, 5) is 26.2. The van der Waals surface area contributed by atoms with Crippen molar-refractivity contribution in [3.05, 3.63) is 35.0 Å². The number of aliphatic carboxylic acids is 1. The molecular weight excluding hydrogens is 266 g/mol. The third-order valence-electron chi connectivity index (χ3n) is 3.15. The van der Waals surface area contributed by atoms with E-state index < -0.39 is 11.4 Å². The number of halogens is 1. The molecular formula is C14H14ClNO3. The van der Waals surface area contributed by atoms with Gasteiger partial charge in [0.2, 0.25) is 0 Å². The van der Waals surface area contributed by atoms with E-state index in [2.05, 4.69) is 4.98 Å². The Bertz CT molecular complexity index is 658. The summed E-state index contributed by atoms with van der Waals surface area (Å²) >= 11 is 6.02.